The van der Waals surface area contributed by atoms with Gasteiger partial charge in [-0.2, -0.15) is 0 Å². The average molecular weight is 198 g/mol. The number of ketones is 2. The van der Waals surface area contributed by atoms with Crippen LogP contribution in [0.5, 0.6) is 0 Å². The molecule has 0 amide bonds. The molecule has 0 fully saturated rings. The number of pyridine rings is 1. The van der Waals surface area contributed by atoms with Crippen LogP contribution in [0, 0.1) is 0 Å². The zero-order valence-corrected chi connectivity index (χ0v) is 7.65. The molecule has 2 heterocycles. The number of fused-ring (bicyclic) bond motifs is 2. The third kappa shape index (κ3) is 0.929. The van der Waals surface area contributed by atoms with E-state index in [1.54, 1.807) is 18.3 Å². The molecule has 0 aliphatic heterocycles. The topological polar surface area (TPSA) is 62.8 Å². The van der Waals surface area contributed by atoms with Gasteiger partial charge in [0.1, 0.15) is 5.69 Å². The molecule has 4 nitrogen and oxygen atoms in total. The lowest BCUT2D eigenvalue weighted by Crippen LogP contribution is -2.20. The van der Waals surface area contributed by atoms with E-state index in [9.17, 15) is 9.59 Å². The zero-order chi connectivity index (χ0) is 10.4. The smallest absolute Gasteiger partial charge is 0.214 e. The molecule has 2 aromatic rings. The van der Waals surface area contributed by atoms with E-state index in [-0.39, 0.29) is 17.3 Å². The molecule has 1 N–H and O–H groups in total. The predicted molar refractivity (Wildman–Crippen MR) is 51.9 cm³/mol. The zero-order valence-electron chi connectivity index (χ0n) is 7.65. The lowest BCUT2D eigenvalue weighted by Gasteiger charge is -2.11. The first-order valence-electron chi connectivity index (χ1n) is 4.50. The summed E-state index contributed by atoms with van der Waals surface area (Å²) in [5.41, 5.74) is 1.47. The molecule has 0 saturated heterocycles. The van der Waals surface area contributed by atoms with Crippen molar-refractivity contribution in [2.45, 2.75) is 0 Å². The van der Waals surface area contributed by atoms with E-state index in [0.29, 0.717) is 16.7 Å². The van der Waals surface area contributed by atoms with Gasteiger partial charge < -0.3 is 4.98 Å². The first-order chi connectivity index (χ1) is 7.29. The van der Waals surface area contributed by atoms with Crippen molar-refractivity contribution >= 4 is 11.6 Å². The summed E-state index contributed by atoms with van der Waals surface area (Å²) in [5, 5.41) is 0. The van der Waals surface area contributed by atoms with Crippen LogP contribution in [0.4, 0.5) is 0 Å². The van der Waals surface area contributed by atoms with Crippen LogP contribution in [0.1, 0.15) is 32.0 Å². The van der Waals surface area contributed by atoms with Crippen LogP contribution >= 0.6 is 0 Å². The summed E-state index contributed by atoms with van der Waals surface area (Å²) in [6.07, 6.45) is 4.60. The van der Waals surface area contributed by atoms with Crippen LogP contribution in [-0.4, -0.2) is 21.5 Å². The Bertz CT molecular complexity index is 534. The largest absolute Gasteiger partial charge is 0.366 e. The number of nitrogens with zero attached hydrogens (tertiary/aromatic N) is 1. The van der Waals surface area contributed by atoms with Crippen molar-refractivity contribution in [3.05, 3.63) is 53.1 Å². The van der Waals surface area contributed by atoms with Gasteiger partial charge in [-0.05, 0) is 12.1 Å². The molecule has 0 saturated carbocycles. The van der Waals surface area contributed by atoms with Crippen LogP contribution in [0.25, 0.3) is 0 Å². The van der Waals surface area contributed by atoms with Gasteiger partial charge in [0, 0.05) is 18.6 Å². The Morgan fingerprint density at radius 3 is 2.53 bits per heavy atom. The normalized spacial score (nSPS) is 13.6. The summed E-state index contributed by atoms with van der Waals surface area (Å²) in [7, 11) is 0. The van der Waals surface area contributed by atoms with Gasteiger partial charge in [0.05, 0.1) is 16.7 Å². The summed E-state index contributed by atoms with van der Waals surface area (Å²) in [5.74, 6) is -0.338. The van der Waals surface area contributed by atoms with Crippen molar-refractivity contribution in [2.24, 2.45) is 0 Å². The van der Waals surface area contributed by atoms with Crippen LogP contribution in [-0.2, 0) is 0 Å². The van der Waals surface area contributed by atoms with Crippen molar-refractivity contribution in [3.8, 4) is 0 Å². The highest BCUT2D eigenvalue weighted by molar-refractivity contribution is 6.27. The fraction of sp³-hybridized carbons (Fsp3) is 0. The first-order valence-corrected chi connectivity index (χ1v) is 4.50. The Morgan fingerprint density at radius 1 is 1.00 bits per heavy atom. The van der Waals surface area contributed by atoms with Gasteiger partial charge in [0.15, 0.2) is 5.78 Å². The van der Waals surface area contributed by atoms with E-state index in [2.05, 4.69) is 9.97 Å². The molecule has 72 valence electrons. The second kappa shape index (κ2) is 2.63. The number of rotatable bonds is 0. The number of nitrogens with one attached hydrogen (secondary N) is 1. The molecule has 0 unspecified atom stereocenters. The maximum atomic E-state index is 11.9. The third-order valence-electron chi connectivity index (χ3n) is 2.50. The van der Waals surface area contributed by atoms with Gasteiger partial charge >= 0.3 is 0 Å². The van der Waals surface area contributed by atoms with Gasteiger partial charge in [-0.15, -0.1) is 0 Å². The Hall–Kier alpha value is -2.23. The third-order valence-corrected chi connectivity index (χ3v) is 2.50. The molecule has 1 aliphatic rings. The van der Waals surface area contributed by atoms with E-state index in [1.807, 2.05) is 0 Å². The lowest BCUT2D eigenvalue weighted by molar-refractivity contribution is 0.0976. The van der Waals surface area contributed by atoms with Gasteiger partial charge in [-0.25, -0.2) is 0 Å². The van der Waals surface area contributed by atoms with Crippen LogP contribution in [0.3, 0.4) is 0 Å². The quantitative estimate of drug-likeness (QED) is 0.590. The molecule has 1 aliphatic carbocycles. The van der Waals surface area contributed by atoms with Crippen molar-refractivity contribution in [2.75, 3.05) is 0 Å². The number of hydrogen-bond acceptors (Lipinski definition) is 3. The SMILES string of the molecule is O=C1c2c[nH]cc2C(=O)c2ncccc21. The predicted octanol–water partition coefficient (Wildman–Crippen LogP) is 1.19. The standard InChI is InChI=1S/C11H6N2O2/c14-10-6-2-1-3-13-9(6)11(15)8-5-12-4-7(8)10/h1-5,12H. The second-order valence-corrected chi connectivity index (χ2v) is 3.34. The number of hydrogen-bond donors (Lipinski definition) is 1. The molecule has 0 radical (unpaired) electrons. The van der Waals surface area contributed by atoms with Crippen LogP contribution in [0.15, 0.2) is 30.7 Å². The Balaban J connectivity index is 2.36. The van der Waals surface area contributed by atoms with E-state index in [0.717, 1.165) is 0 Å². The molecular formula is C11H6N2O2. The molecule has 0 bridgehead atoms. The second-order valence-electron chi connectivity index (χ2n) is 3.34. The van der Waals surface area contributed by atoms with E-state index >= 15 is 0 Å². The monoisotopic (exact) mass is 198 g/mol. The van der Waals surface area contributed by atoms with E-state index in [1.165, 1.54) is 12.4 Å². The highest BCUT2D eigenvalue weighted by Gasteiger charge is 2.30. The molecule has 0 atom stereocenters. The number of carbonyl (C=O) groups excluding carboxylic acids is 2. The molecule has 0 aromatic carbocycles. The van der Waals surface area contributed by atoms with Crippen molar-refractivity contribution < 1.29 is 9.59 Å². The minimum Gasteiger partial charge on any atom is -0.366 e. The summed E-state index contributed by atoms with van der Waals surface area (Å²) in [4.78, 5) is 30.5. The molecule has 0 spiro atoms. The van der Waals surface area contributed by atoms with Gasteiger partial charge in [0.2, 0.25) is 5.78 Å². The van der Waals surface area contributed by atoms with Crippen LogP contribution < -0.4 is 0 Å². The number of carbonyl (C=O) groups is 2. The van der Waals surface area contributed by atoms with Gasteiger partial charge in [-0.1, -0.05) is 0 Å². The summed E-state index contributed by atoms with van der Waals surface area (Å²) in [6, 6.07) is 3.28. The van der Waals surface area contributed by atoms with Crippen molar-refractivity contribution in [1.82, 2.24) is 9.97 Å². The maximum Gasteiger partial charge on any atom is 0.214 e. The molecule has 15 heavy (non-hydrogen) atoms. The molecule has 4 heteroatoms. The number of aromatic nitrogens is 2. The lowest BCUT2D eigenvalue weighted by atomic mass is 9.90. The summed E-state index contributed by atoms with van der Waals surface area (Å²) in [6.45, 7) is 0. The Labute approximate surface area is 85.0 Å². The summed E-state index contributed by atoms with van der Waals surface area (Å²) < 4.78 is 0. The van der Waals surface area contributed by atoms with Gasteiger partial charge in [0.25, 0.3) is 0 Å². The molecule has 3 rings (SSSR count). The summed E-state index contributed by atoms with van der Waals surface area (Å²) >= 11 is 0. The number of aromatic amines is 1. The molecule has 2 aromatic heterocycles. The highest BCUT2D eigenvalue weighted by atomic mass is 16.1. The van der Waals surface area contributed by atoms with Crippen molar-refractivity contribution in [1.29, 1.82) is 0 Å². The number of H-pyrrole nitrogens is 1. The highest BCUT2D eigenvalue weighted by Crippen LogP contribution is 2.24. The fourth-order valence-corrected chi connectivity index (χ4v) is 1.78. The first kappa shape index (κ1) is 8.11. The Kier molecular flexibility index (Phi) is 1.42. The van der Waals surface area contributed by atoms with E-state index < -0.39 is 0 Å². The Morgan fingerprint density at radius 2 is 1.73 bits per heavy atom. The fourth-order valence-electron chi connectivity index (χ4n) is 1.78. The maximum absolute atomic E-state index is 11.9. The minimum absolute atomic E-state index is 0.144. The average Bonchev–Trinajstić information content (AvgIpc) is 2.75. The molecular weight excluding hydrogens is 192 g/mol. The van der Waals surface area contributed by atoms with Gasteiger partial charge in [-0.3, -0.25) is 14.6 Å². The minimum atomic E-state index is -0.193. The van der Waals surface area contributed by atoms with Crippen molar-refractivity contribution in [3.63, 3.8) is 0 Å². The van der Waals surface area contributed by atoms with E-state index in [4.69, 9.17) is 0 Å². The van der Waals surface area contributed by atoms with Crippen LogP contribution in [0.2, 0.25) is 0 Å².